The second-order valence-corrected chi connectivity index (χ2v) is 9.31. The zero-order valence-corrected chi connectivity index (χ0v) is 22.0. The van der Waals surface area contributed by atoms with Gasteiger partial charge in [-0.3, -0.25) is 20.2 Å². The summed E-state index contributed by atoms with van der Waals surface area (Å²) in [6.45, 7) is 4.17. The first-order valence-electron chi connectivity index (χ1n) is 12.6. The van der Waals surface area contributed by atoms with Gasteiger partial charge in [0, 0.05) is 58.4 Å². The van der Waals surface area contributed by atoms with Gasteiger partial charge < -0.3 is 9.80 Å². The summed E-state index contributed by atoms with van der Waals surface area (Å²) >= 11 is 0. The summed E-state index contributed by atoms with van der Waals surface area (Å²) in [7, 11) is 0. The number of nitro benzene ring substituents is 2. The minimum Gasteiger partial charge on any atom is -0.310 e. The summed E-state index contributed by atoms with van der Waals surface area (Å²) < 4.78 is 0. The number of hydrogen-bond acceptors (Lipinski definition) is 6. The van der Waals surface area contributed by atoms with Crippen molar-refractivity contribution in [1.82, 2.24) is 0 Å². The molecular formula is C32H26N4O4. The van der Waals surface area contributed by atoms with E-state index in [0.717, 1.165) is 33.9 Å². The van der Waals surface area contributed by atoms with E-state index in [4.69, 9.17) is 0 Å². The van der Waals surface area contributed by atoms with Crippen LogP contribution in [0, 0.1) is 34.1 Å². The maximum atomic E-state index is 11.2. The number of nitrogens with zero attached hydrogens (tertiary/aromatic N) is 4. The van der Waals surface area contributed by atoms with Crippen molar-refractivity contribution in [3.8, 4) is 0 Å². The van der Waals surface area contributed by atoms with Crippen LogP contribution >= 0.6 is 0 Å². The standard InChI is InChI=1S/C32H26N4O4/c1-23-7-3-5-9-31(23)34(32-10-6-4-8-24(32)2)28-13-11-25(12-14-28)33(26-15-19-29(20-16-26)35(37)38)27-17-21-30(22-18-27)36(39)40/h3-22H,1-2H3. The minimum atomic E-state index is -0.444. The summed E-state index contributed by atoms with van der Waals surface area (Å²) in [5.74, 6) is 0. The SMILES string of the molecule is Cc1ccccc1N(c1ccc(N(c2ccc([N+](=O)[O-])cc2)c2ccc([N+](=O)[O-])cc2)cc1)c1ccccc1C. The fourth-order valence-corrected chi connectivity index (χ4v) is 4.68. The van der Waals surface area contributed by atoms with Crippen LogP contribution in [-0.2, 0) is 0 Å². The lowest BCUT2D eigenvalue weighted by Crippen LogP contribution is -2.13. The van der Waals surface area contributed by atoms with Crippen molar-refractivity contribution in [1.29, 1.82) is 0 Å². The average Bonchev–Trinajstić information content (AvgIpc) is 2.96. The molecule has 5 aromatic rings. The van der Waals surface area contributed by atoms with Crippen LogP contribution in [0.4, 0.5) is 45.5 Å². The summed E-state index contributed by atoms with van der Waals surface area (Å²) in [6.07, 6.45) is 0. The second kappa shape index (κ2) is 11.1. The van der Waals surface area contributed by atoms with Gasteiger partial charge in [-0.15, -0.1) is 0 Å². The minimum absolute atomic E-state index is 0.0187. The van der Waals surface area contributed by atoms with Crippen LogP contribution < -0.4 is 9.80 Å². The largest absolute Gasteiger partial charge is 0.310 e. The van der Waals surface area contributed by atoms with Gasteiger partial charge in [0.05, 0.1) is 9.85 Å². The zero-order chi connectivity index (χ0) is 28.2. The monoisotopic (exact) mass is 530 g/mol. The molecule has 0 fully saturated rings. The highest BCUT2D eigenvalue weighted by Gasteiger charge is 2.19. The number of para-hydroxylation sites is 2. The molecule has 0 atom stereocenters. The van der Waals surface area contributed by atoms with Gasteiger partial charge in [-0.1, -0.05) is 36.4 Å². The van der Waals surface area contributed by atoms with Crippen molar-refractivity contribution >= 4 is 45.5 Å². The molecule has 0 aliphatic heterocycles. The maximum absolute atomic E-state index is 11.2. The van der Waals surface area contributed by atoms with Gasteiger partial charge in [-0.25, -0.2) is 0 Å². The van der Waals surface area contributed by atoms with E-state index in [1.54, 1.807) is 24.3 Å². The summed E-state index contributed by atoms with van der Waals surface area (Å²) in [5, 5.41) is 22.5. The quantitative estimate of drug-likeness (QED) is 0.147. The fourth-order valence-electron chi connectivity index (χ4n) is 4.68. The molecule has 0 amide bonds. The molecule has 5 rings (SSSR count). The number of non-ortho nitro benzene ring substituents is 2. The third-order valence-electron chi connectivity index (χ3n) is 6.72. The van der Waals surface area contributed by atoms with Crippen LogP contribution in [-0.4, -0.2) is 9.85 Å². The molecule has 0 bridgehead atoms. The molecule has 0 aliphatic rings. The predicted molar refractivity (Wildman–Crippen MR) is 159 cm³/mol. The molecule has 0 radical (unpaired) electrons. The number of aryl methyl sites for hydroxylation is 2. The van der Waals surface area contributed by atoms with Crippen LogP contribution in [0.25, 0.3) is 0 Å². The Morgan fingerprint density at radius 3 is 1.07 bits per heavy atom. The van der Waals surface area contributed by atoms with Crippen LogP contribution in [0.1, 0.15) is 11.1 Å². The van der Waals surface area contributed by atoms with Crippen molar-refractivity contribution in [2.75, 3.05) is 9.80 Å². The highest BCUT2D eigenvalue weighted by atomic mass is 16.6. The van der Waals surface area contributed by atoms with Crippen molar-refractivity contribution in [3.63, 3.8) is 0 Å². The van der Waals surface area contributed by atoms with Crippen LogP contribution in [0.2, 0.25) is 0 Å². The van der Waals surface area contributed by atoms with E-state index < -0.39 is 9.85 Å². The number of rotatable bonds is 8. The molecule has 0 N–H and O–H groups in total. The Morgan fingerprint density at radius 2 is 0.750 bits per heavy atom. The third-order valence-corrected chi connectivity index (χ3v) is 6.72. The van der Waals surface area contributed by atoms with Gasteiger partial charge in [-0.2, -0.15) is 0 Å². The molecule has 5 aromatic carbocycles. The summed E-state index contributed by atoms with van der Waals surface area (Å²) in [4.78, 5) is 25.7. The number of nitro groups is 2. The first kappa shape index (κ1) is 26.1. The van der Waals surface area contributed by atoms with E-state index in [0.29, 0.717) is 11.4 Å². The van der Waals surface area contributed by atoms with Crippen LogP contribution in [0.3, 0.4) is 0 Å². The van der Waals surface area contributed by atoms with Gasteiger partial charge in [0.15, 0.2) is 0 Å². The van der Waals surface area contributed by atoms with Crippen LogP contribution in [0.15, 0.2) is 121 Å². The molecule has 0 aromatic heterocycles. The molecule has 40 heavy (non-hydrogen) atoms. The normalized spacial score (nSPS) is 10.7. The Morgan fingerprint density at radius 1 is 0.450 bits per heavy atom. The summed E-state index contributed by atoms with van der Waals surface area (Å²) in [6, 6.07) is 36.9. The van der Waals surface area contributed by atoms with E-state index in [2.05, 4.69) is 43.0 Å². The van der Waals surface area contributed by atoms with E-state index in [1.807, 2.05) is 53.4 Å². The lowest BCUT2D eigenvalue weighted by Gasteiger charge is -2.30. The lowest BCUT2D eigenvalue weighted by molar-refractivity contribution is -0.385. The predicted octanol–water partition coefficient (Wildman–Crippen LogP) is 9.06. The van der Waals surface area contributed by atoms with E-state index in [9.17, 15) is 20.2 Å². The average molecular weight is 531 g/mol. The van der Waals surface area contributed by atoms with Gasteiger partial charge >= 0.3 is 0 Å². The third kappa shape index (κ3) is 5.23. The van der Waals surface area contributed by atoms with Crippen molar-refractivity contribution in [2.45, 2.75) is 13.8 Å². The zero-order valence-electron chi connectivity index (χ0n) is 22.0. The summed E-state index contributed by atoms with van der Waals surface area (Å²) in [5.41, 5.74) is 7.47. The number of benzene rings is 5. The van der Waals surface area contributed by atoms with Gasteiger partial charge in [0.1, 0.15) is 0 Å². The second-order valence-electron chi connectivity index (χ2n) is 9.31. The molecule has 0 aliphatic carbocycles. The first-order chi connectivity index (χ1) is 19.3. The van der Waals surface area contributed by atoms with E-state index in [1.165, 1.54) is 24.3 Å². The highest BCUT2D eigenvalue weighted by molar-refractivity contribution is 5.83. The van der Waals surface area contributed by atoms with E-state index >= 15 is 0 Å². The van der Waals surface area contributed by atoms with Crippen molar-refractivity contribution < 1.29 is 9.85 Å². The Labute approximate surface area is 231 Å². The van der Waals surface area contributed by atoms with Crippen LogP contribution in [0.5, 0.6) is 0 Å². The topological polar surface area (TPSA) is 92.8 Å². The fraction of sp³-hybridized carbons (Fsp3) is 0.0625. The molecule has 8 nitrogen and oxygen atoms in total. The molecule has 0 heterocycles. The molecule has 0 spiro atoms. The molecule has 8 heteroatoms. The molecule has 0 unspecified atom stereocenters. The highest BCUT2D eigenvalue weighted by Crippen LogP contribution is 2.41. The maximum Gasteiger partial charge on any atom is 0.269 e. The van der Waals surface area contributed by atoms with Gasteiger partial charge in [0.25, 0.3) is 11.4 Å². The number of anilines is 6. The Balaban J connectivity index is 1.60. The van der Waals surface area contributed by atoms with Gasteiger partial charge in [-0.05, 0) is 85.6 Å². The van der Waals surface area contributed by atoms with E-state index in [-0.39, 0.29) is 11.4 Å². The molecule has 0 saturated carbocycles. The van der Waals surface area contributed by atoms with Gasteiger partial charge in [0.2, 0.25) is 0 Å². The Bertz CT molecular complexity index is 1560. The number of hydrogen-bond donors (Lipinski definition) is 0. The van der Waals surface area contributed by atoms with Crippen molar-refractivity contribution in [3.05, 3.63) is 153 Å². The Kier molecular flexibility index (Phi) is 7.24. The lowest BCUT2D eigenvalue weighted by atomic mass is 10.1. The first-order valence-corrected chi connectivity index (χ1v) is 12.6. The van der Waals surface area contributed by atoms with Crippen molar-refractivity contribution in [2.24, 2.45) is 0 Å². The Hall–Kier alpha value is -5.50. The molecule has 198 valence electrons. The molecular weight excluding hydrogens is 504 g/mol. The smallest absolute Gasteiger partial charge is 0.269 e. The molecule has 0 saturated heterocycles.